The first-order chi connectivity index (χ1) is 9.31. The molecule has 0 aromatic heterocycles. The second-order valence-electron chi connectivity index (χ2n) is 5.36. The minimum Gasteiger partial charge on any atom is -0.371 e. The quantitative estimate of drug-likeness (QED) is 0.811. The maximum atomic E-state index is 3.75. The van der Waals surface area contributed by atoms with Gasteiger partial charge in [-0.3, -0.25) is 0 Å². The predicted molar refractivity (Wildman–Crippen MR) is 86.8 cm³/mol. The molecule has 0 spiro atoms. The van der Waals surface area contributed by atoms with E-state index in [1.807, 2.05) is 0 Å². The van der Waals surface area contributed by atoms with E-state index in [0.717, 1.165) is 13.1 Å². The summed E-state index contributed by atoms with van der Waals surface area (Å²) in [6.45, 7) is 6.65. The van der Waals surface area contributed by atoms with E-state index < -0.39 is 0 Å². The summed E-state index contributed by atoms with van der Waals surface area (Å²) in [6.07, 6.45) is 6.60. The lowest BCUT2D eigenvalue weighted by Crippen LogP contribution is -2.24. The standard InChI is InChI=1S/C16H25BrN2/c1-2-9-18-13-14-7-8-16(15(17)12-14)19-10-5-3-4-6-11-19/h7-8,12,18H,2-6,9-11,13H2,1H3. The first-order valence-electron chi connectivity index (χ1n) is 7.55. The smallest absolute Gasteiger partial charge is 0.0510 e. The Labute approximate surface area is 125 Å². The average Bonchev–Trinajstić information content (AvgIpc) is 2.68. The van der Waals surface area contributed by atoms with Gasteiger partial charge >= 0.3 is 0 Å². The molecule has 19 heavy (non-hydrogen) atoms. The van der Waals surface area contributed by atoms with Crippen LogP contribution in [-0.2, 0) is 6.54 Å². The molecule has 0 amide bonds. The number of nitrogens with zero attached hydrogens (tertiary/aromatic N) is 1. The molecule has 1 aromatic rings. The summed E-state index contributed by atoms with van der Waals surface area (Å²) in [5, 5.41) is 3.45. The van der Waals surface area contributed by atoms with E-state index in [-0.39, 0.29) is 0 Å². The number of benzene rings is 1. The monoisotopic (exact) mass is 324 g/mol. The zero-order valence-electron chi connectivity index (χ0n) is 11.9. The van der Waals surface area contributed by atoms with Gasteiger partial charge < -0.3 is 10.2 Å². The lowest BCUT2D eigenvalue weighted by Gasteiger charge is -2.24. The number of nitrogens with one attached hydrogen (secondary N) is 1. The van der Waals surface area contributed by atoms with Gasteiger partial charge in [0.1, 0.15) is 0 Å². The van der Waals surface area contributed by atoms with Gasteiger partial charge in [-0.1, -0.05) is 25.8 Å². The number of hydrogen-bond donors (Lipinski definition) is 1. The van der Waals surface area contributed by atoms with Crippen LogP contribution in [-0.4, -0.2) is 19.6 Å². The Balaban J connectivity index is 2.01. The molecule has 0 bridgehead atoms. The molecule has 0 radical (unpaired) electrons. The highest BCUT2D eigenvalue weighted by Gasteiger charge is 2.12. The number of anilines is 1. The van der Waals surface area contributed by atoms with Crippen LogP contribution in [0.1, 0.15) is 44.6 Å². The Hall–Kier alpha value is -0.540. The maximum Gasteiger partial charge on any atom is 0.0510 e. The molecule has 0 saturated carbocycles. The fraction of sp³-hybridized carbons (Fsp3) is 0.625. The first kappa shape index (κ1) is 14.9. The summed E-state index contributed by atoms with van der Waals surface area (Å²) < 4.78 is 1.24. The fourth-order valence-electron chi connectivity index (χ4n) is 2.64. The van der Waals surface area contributed by atoms with Crippen LogP contribution in [0.15, 0.2) is 22.7 Å². The third kappa shape index (κ3) is 4.50. The molecule has 1 fully saturated rings. The van der Waals surface area contributed by atoms with Crippen molar-refractivity contribution >= 4 is 21.6 Å². The Morgan fingerprint density at radius 3 is 2.53 bits per heavy atom. The van der Waals surface area contributed by atoms with Crippen molar-refractivity contribution in [2.24, 2.45) is 0 Å². The van der Waals surface area contributed by atoms with Crippen LogP contribution in [0.5, 0.6) is 0 Å². The summed E-state index contributed by atoms with van der Waals surface area (Å²) in [5.74, 6) is 0. The van der Waals surface area contributed by atoms with Crippen LogP contribution in [0.3, 0.4) is 0 Å². The highest BCUT2D eigenvalue weighted by Crippen LogP contribution is 2.29. The van der Waals surface area contributed by atoms with Gasteiger partial charge in [0.25, 0.3) is 0 Å². The van der Waals surface area contributed by atoms with Crippen LogP contribution >= 0.6 is 15.9 Å². The fourth-order valence-corrected chi connectivity index (χ4v) is 3.31. The summed E-state index contributed by atoms with van der Waals surface area (Å²) in [6, 6.07) is 6.80. The van der Waals surface area contributed by atoms with Gasteiger partial charge in [-0.15, -0.1) is 0 Å². The molecule has 0 atom stereocenters. The molecular formula is C16H25BrN2. The zero-order chi connectivity index (χ0) is 13.5. The van der Waals surface area contributed by atoms with Gasteiger partial charge in [0.05, 0.1) is 5.69 Å². The minimum absolute atomic E-state index is 0.965. The van der Waals surface area contributed by atoms with Crippen molar-refractivity contribution in [1.29, 1.82) is 0 Å². The second kappa shape index (κ2) is 7.91. The third-order valence-corrected chi connectivity index (χ3v) is 4.35. The lowest BCUT2D eigenvalue weighted by molar-refractivity contribution is 0.675. The van der Waals surface area contributed by atoms with Crippen LogP contribution in [0, 0.1) is 0 Å². The summed E-state index contributed by atoms with van der Waals surface area (Å²) in [5.41, 5.74) is 2.72. The summed E-state index contributed by atoms with van der Waals surface area (Å²) in [7, 11) is 0. The van der Waals surface area contributed by atoms with E-state index in [1.165, 1.54) is 60.9 Å². The molecule has 1 aliphatic heterocycles. The van der Waals surface area contributed by atoms with Gasteiger partial charge in [0.2, 0.25) is 0 Å². The van der Waals surface area contributed by atoms with E-state index in [1.54, 1.807) is 0 Å². The molecule has 1 N–H and O–H groups in total. The van der Waals surface area contributed by atoms with Crippen LogP contribution in [0.4, 0.5) is 5.69 Å². The largest absolute Gasteiger partial charge is 0.371 e. The van der Waals surface area contributed by atoms with Crippen molar-refractivity contribution in [3.63, 3.8) is 0 Å². The molecule has 1 aliphatic rings. The number of halogens is 1. The Morgan fingerprint density at radius 2 is 1.89 bits per heavy atom. The van der Waals surface area contributed by atoms with Gasteiger partial charge in [-0.25, -0.2) is 0 Å². The van der Waals surface area contributed by atoms with Gasteiger partial charge in [0, 0.05) is 24.1 Å². The summed E-state index contributed by atoms with van der Waals surface area (Å²) >= 11 is 3.75. The van der Waals surface area contributed by atoms with Crippen LogP contribution < -0.4 is 10.2 Å². The van der Waals surface area contributed by atoms with E-state index in [4.69, 9.17) is 0 Å². The average molecular weight is 325 g/mol. The van der Waals surface area contributed by atoms with Crippen molar-refractivity contribution in [3.05, 3.63) is 28.2 Å². The molecule has 1 heterocycles. The molecule has 0 unspecified atom stereocenters. The third-order valence-electron chi connectivity index (χ3n) is 3.71. The Bertz CT molecular complexity index is 384. The molecule has 1 aromatic carbocycles. The van der Waals surface area contributed by atoms with Crippen LogP contribution in [0.2, 0.25) is 0 Å². The Kier molecular flexibility index (Phi) is 6.18. The van der Waals surface area contributed by atoms with E-state index in [2.05, 4.69) is 51.3 Å². The minimum atomic E-state index is 0.965. The highest BCUT2D eigenvalue weighted by molar-refractivity contribution is 9.10. The molecule has 106 valence electrons. The lowest BCUT2D eigenvalue weighted by atomic mass is 10.2. The van der Waals surface area contributed by atoms with E-state index >= 15 is 0 Å². The van der Waals surface area contributed by atoms with Crippen molar-refractivity contribution in [2.75, 3.05) is 24.5 Å². The molecular weight excluding hydrogens is 300 g/mol. The number of hydrogen-bond acceptors (Lipinski definition) is 2. The highest BCUT2D eigenvalue weighted by atomic mass is 79.9. The topological polar surface area (TPSA) is 15.3 Å². The first-order valence-corrected chi connectivity index (χ1v) is 8.34. The van der Waals surface area contributed by atoms with E-state index in [0.29, 0.717) is 0 Å². The Morgan fingerprint density at radius 1 is 1.16 bits per heavy atom. The molecule has 0 aliphatic carbocycles. The predicted octanol–water partition coefficient (Wildman–Crippen LogP) is 4.33. The maximum absolute atomic E-state index is 3.75. The van der Waals surface area contributed by atoms with Crippen molar-refractivity contribution in [2.45, 2.75) is 45.6 Å². The molecule has 2 rings (SSSR count). The van der Waals surface area contributed by atoms with Crippen molar-refractivity contribution in [3.8, 4) is 0 Å². The molecule has 2 nitrogen and oxygen atoms in total. The number of rotatable bonds is 5. The van der Waals surface area contributed by atoms with Crippen molar-refractivity contribution in [1.82, 2.24) is 5.32 Å². The van der Waals surface area contributed by atoms with Gasteiger partial charge in [-0.2, -0.15) is 0 Å². The molecule has 3 heteroatoms. The van der Waals surface area contributed by atoms with E-state index in [9.17, 15) is 0 Å². The van der Waals surface area contributed by atoms with Gasteiger partial charge in [-0.05, 0) is 59.4 Å². The SMILES string of the molecule is CCCNCc1ccc(N2CCCCCC2)c(Br)c1. The second-order valence-corrected chi connectivity index (χ2v) is 6.22. The van der Waals surface area contributed by atoms with Crippen LogP contribution in [0.25, 0.3) is 0 Å². The normalized spacial score (nSPS) is 16.4. The summed E-state index contributed by atoms with van der Waals surface area (Å²) in [4.78, 5) is 2.53. The van der Waals surface area contributed by atoms with Gasteiger partial charge in [0.15, 0.2) is 0 Å². The molecule has 1 saturated heterocycles. The van der Waals surface area contributed by atoms with Crippen molar-refractivity contribution < 1.29 is 0 Å². The zero-order valence-corrected chi connectivity index (χ0v) is 13.5.